The Labute approximate surface area is 211 Å². The average Bonchev–Trinajstić information content (AvgIpc) is 2.88. The second kappa shape index (κ2) is 11.5. The van der Waals surface area contributed by atoms with Gasteiger partial charge in [0.2, 0.25) is 5.91 Å². The van der Waals surface area contributed by atoms with E-state index in [1.165, 1.54) is 24.8 Å². The van der Waals surface area contributed by atoms with Gasteiger partial charge in [-0.05, 0) is 73.8 Å². The number of hydrogen-bond donors (Lipinski definition) is 1. The fraction of sp³-hybridized carbons (Fsp3) is 0.448. The van der Waals surface area contributed by atoms with Crippen LogP contribution in [0.15, 0.2) is 59.4 Å². The van der Waals surface area contributed by atoms with Crippen molar-refractivity contribution in [3.05, 3.63) is 76.2 Å². The maximum Gasteiger partial charge on any atom is 0.273 e. The van der Waals surface area contributed by atoms with Crippen molar-refractivity contribution >= 4 is 5.91 Å². The van der Waals surface area contributed by atoms with Gasteiger partial charge in [-0.2, -0.15) is 0 Å². The van der Waals surface area contributed by atoms with E-state index in [0.717, 1.165) is 50.3 Å². The number of likely N-dealkylation sites (tertiary alicyclic amines) is 1. The number of hydrogen-bond acceptors (Lipinski definition) is 5. The Bertz CT molecular complexity index is 1200. The molecule has 1 saturated carbocycles. The largest absolute Gasteiger partial charge is 0.493 e. The van der Waals surface area contributed by atoms with Crippen molar-refractivity contribution in [3.8, 4) is 17.1 Å². The van der Waals surface area contributed by atoms with Crippen LogP contribution in [-0.4, -0.2) is 45.7 Å². The maximum absolute atomic E-state index is 12.7. The van der Waals surface area contributed by atoms with Crippen LogP contribution >= 0.6 is 0 Å². The lowest BCUT2D eigenvalue weighted by atomic mass is 9.86. The summed E-state index contributed by atoms with van der Waals surface area (Å²) in [6, 6.07) is 18.1. The third-order valence-corrected chi connectivity index (χ3v) is 7.51. The fourth-order valence-electron chi connectivity index (χ4n) is 4.95. The summed E-state index contributed by atoms with van der Waals surface area (Å²) < 4.78 is 5.84. The summed E-state index contributed by atoms with van der Waals surface area (Å²) in [5.74, 6) is 2.61. The van der Waals surface area contributed by atoms with Crippen LogP contribution in [0.2, 0.25) is 0 Å². The molecule has 0 unspecified atom stereocenters. The molecule has 3 aromatic rings. The molecule has 0 atom stereocenters. The standard InChI is InChI=1S/C29H34N4O3/c34-27(33-17-15-22(16-18-33)19-21-5-2-1-3-6-21)14-13-26-29(35)30-28(32-31-26)24-9-11-25(12-10-24)36-20-23-7-4-8-23/h1-3,5-6,9-12,22-23H,4,7-8,13-20H2,(H,30,32,35). The Balaban J connectivity index is 1.09. The molecule has 1 aromatic heterocycles. The first-order valence-electron chi connectivity index (χ1n) is 13.1. The zero-order valence-electron chi connectivity index (χ0n) is 20.7. The summed E-state index contributed by atoms with van der Waals surface area (Å²) in [5, 5.41) is 8.34. The summed E-state index contributed by atoms with van der Waals surface area (Å²) in [5.41, 5.74) is 2.14. The van der Waals surface area contributed by atoms with Crippen LogP contribution in [0.3, 0.4) is 0 Å². The Hall–Kier alpha value is -3.48. The normalized spacial score (nSPS) is 16.5. The van der Waals surface area contributed by atoms with Crippen molar-refractivity contribution in [2.75, 3.05) is 19.7 Å². The summed E-state index contributed by atoms with van der Waals surface area (Å²) in [6.07, 6.45) is 7.46. The van der Waals surface area contributed by atoms with E-state index in [2.05, 4.69) is 39.4 Å². The molecule has 1 saturated heterocycles. The molecule has 7 nitrogen and oxygen atoms in total. The second-order valence-corrected chi connectivity index (χ2v) is 10.1. The van der Waals surface area contributed by atoms with Crippen molar-refractivity contribution in [3.63, 3.8) is 0 Å². The van der Waals surface area contributed by atoms with E-state index in [-0.39, 0.29) is 17.9 Å². The lowest BCUT2D eigenvalue weighted by Gasteiger charge is -2.32. The van der Waals surface area contributed by atoms with Crippen molar-refractivity contribution in [1.82, 2.24) is 20.1 Å². The molecule has 2 aliphatic rings. The Morgan fingerprint density at radius 1 is 0.944 bits per heavy atom. The smallest absolute Gasteiger partial charge is 0.273 e. The molecule has 5 rings (SSSR count). The predicted octanol–water partition coefficient (Wildman–Crippen LogP) is 4.42. The molecule has 0 radical (unpaired) electrons. The van der Waals surface area contributed by atoms with Crippen LogP contribution in [0.25, 0.3) is 11.4 Å². The third kappa shape index (κ3) is 6.20. The highest BCUT2D eigenvalue weighted by atomic mass is 16.5. The van der Waals surface area contributed by atoms with Crippen LogP contribution in [0.1, 0.15) is 49.8 Å². The van der Waals surface area contributed by atoms with Gasteiger partial charge in [0, 0.05) is 31.5 Å². The molecular formula is C29H34N4O3. The van der Waals surface area contributed by atoms with Crippen LogP contribution in [-0.2, 0) is 17.6 Å². The first kappa shape index (κ1) is 24.2. The molecule has 1 aliphatic heterocycles. The molecular weight excluding hydrogens is 452 g/mol. The van der Waals surface area contributed by atoms with Crippen LogP contribution in [0, 0.1) is 11.8 Å². The van der Waals surface area contributed by atoms with Crippen molar-refractivity contribution in [2.24, 2.45) is 11.8 Å². The molecule has 0 bridgehead atoms. The molecule has 2 aromatic carbocycles. The van der Waals surface area contributed by atoms with Gasteiger partial charge in [0.25, 0.3) is 5.56 Å². The number of aryl methyl sites for hydroxylation is 1. The minimum atomic E-state index is -0.292. The van der Waals surface area contributed by atoms with Crippen LogP contribution in [0.4, 0.5) is 0 Å². The summed E-state index contributed by atoms with van der Waals surface area (Å²) >= 11 is 0. The van der Waals surface area contributed by atoms with Gasteiger partial charge in [0.15, 0.2) is 5.82 Å². The van der Waals surface area contributed by atoms with E-state index in [1.54, 1.807) is 0 Å². The van der Waals surface area contributed by atoms with Crippen LogP contribution in [0.5, 0.6) is 5.75 Å². The van der Waals surface area contributed by atoms with E-state index < -0.39 is 0 Å². The summed E-state index contributed by atoms with van der Waals surface area (Å²) in [6.45, 7) is 2.31. The van der Waals surface area contributed by atoms with E-state index >= 15 is 0 Å². The minimum absolute atomic E-state index is 0.0796. The average molecular weight is 487 g/mol. The van der Waals surface area contributed by atoms with E-state index in [9.17, 15) is 9.59 Å². The van der Waals surface area contributed by atoms with Crippen molar-refractivity contribution < 1.29 is 9.53 Å². The monoisotopic (exact) mass is 486 g/mol. The Kier molecular flexibility index (Phi) is 7.74. The quantitative estimate of drug-likeness (QED) is 0.484. The molecule has 1 N–H and O–H groups in total. The number of benzene rings is 2. The molecule has 7 heteroatoms. The molecule has 2 fully saturated rings. The highest BCUT2D eigenvalue weighted by Gasteiger charge is 2.23. The first-order valence-corrected chi connectivity index (χ1v) is 13.1. The zero-order valence-corrected chi connectivity index (χ0v) is 20.7. The number of aromatic nitrogens is 3. The molecule has 1 amide bonds. The highest BCUT2D eigenvalue weighted by molar-refractivity contribution is 5.76. The number of nitrogens with one attached hydrogen (secondary N) is 1. The number of amides is 1. The first-order chi connectivity index (χ1) is 17.6. The Morgan fingerprint density at radius 2 is 1.69 bits per heavy atom. The lowest BCUT2D eigenvalue weighted by molar-refractivity contribution is -0.132. The topological polar surface area (TPSA) is 88.2 Å². The number of carbonyl (C=O) groups excluding carboxylic acids is 1. The number of rotatable bonds is 9. The number of ether oxygens (including phenoxy) is 1. The molecule has 0 spiro atoms. The zero-order chi connectivity index (χ0) is 24.7. The van der Waals surface area contributed by atoms with Gasteiger partial charge in [-0.1, -0.05) is 36.8 Å². The fourth-order valence-corrected chi connectivity index (χ4v) is 4.95. The molecule has 1 aliphatic carbocycles. The maximum atomic E-state index is 12.7. The summed E-state index contributed by atoms with van der Waals surface area (Å²) in [4.78, 5) is 30.1. The molecule has 2 heterocycles. The van der Waals surface area contributed by atoms with Gasteiger partial charge in [-0.15, -0.1) is 10.2 Å². The van der Waals surface area contributed by atoms with E-state index in [4.69, 9.17) is 4.74 Å². The predicted molar refractivity (Wildman–Crippen MR) is 139 cm³/mol. The van der Waals surface area contributed by atoms with Crippen molar-refractivity contribution in [2.45, 2.75) is 51.4 Å². The third-order valence-electron chi connectivity index (χ3n) is 7.51. The SMILES string of the molecule is O=C(CCc1nnc(-c2ccc(OCC3CCC3)cc2)[nH]c1=O)N1CCC(Cc2ccccc2)CC1. The minimum Gasteiger partial charge on any atom is -0.493 e. The Morgan fingerprint density at radius 3 is 2.36 bits per heavy atom. The second-order valence-electron chi connectivity index (χ2n) is 10.1. The van der Waals surface area contributed by atoms with Gasteiger partial charge in [-0.3, -0.25) is 9.59 Å². The van der Waals surface area contributed by atoms with E-state index in [0.29, 0.717) is 29.8 Å². The van der Waals surface area contributed by atoms with Gasteiger partial charge in [0.05, 0.1) is 6.61 Å². The van der Waals surface area contributed by atoms with Gasteiger partial charge in [0.1, 0.15) is 11.4 Å². The van der Waals surface area contributed by atoms with Crippen molar-refractivity contribution in [1.29, 1.82) is 0 Å². The van der Waals surface area contributed by atoms with Gasteiger partial charge in [-0.25, -0.2) is 0 Å². The van der Waals surface area contributed by atoms with Gasteiger partial charge < -0.3 is 14.6 Å². The molecule has 36 heavy (non-hydrogen) atoms. The number of piperidine rings is 1. The summed E-state index contributed by atoms with van der Waals surface area (Å²) in [7, 11) is 0. The van der Waals surface area contributed by atoms with E-state index in [1.807, 2.05) is 35.2 Å². The van der Waals surface area contributed by atoms with Crippen LogP contribution < -0.4 is 10.3 Å². The number of nitrogens with zero attached hydrogens (tertiary/aromatic N) is 3. The molecule has 188 valence electrons. The number of carbonyl (C=O) groups is 1. The lowest BCUT2D eigenvalue weighted by Crippen LogP contribution is -2.39. The van der Waals surface area contributed by atoms with Gasteiger partial charge >= 0.3 is 0 Å². The number of H-pyrrole nitrogens is 1. The number of aromatic amines is 1. The highest BCUT2D eigenvalue weighted by Crippen LogP contribution is 2.27.